The average Bonchev–Trinajstić information content (AvgIpc) is 3.78. The Labute approximate surface area is 296 Å². The number of carbonyl (C=O) groups is 1. The summed E-state index contributed by atoms with van der Waals surface area (Å²) in [6.07, 6.45) is -14.7. The molecule has 4 aromatic carbocycles. The molecule has 1 aromatic heterocycles. The van der Waals surface area contributed by atoms with Crippen LogP contribution in [0.4, 0.5) is 49.6 Å². The van der Waals surface area contributed by atoms with E-state index in [9.17, 15) is 48.7 Å². The van der Waals surface area contributed by atoms with Crippen molar-refractivity contribution in [3.8, 4) is 38.6 Å². The topological polar surface area (TPSA) is 71.5 Å². The normalized spacial score (nSPS) is 14.3. The molecule has 5 aromatic rings. The molecule has 2 N–H and O–H groups in total. The molecule has 0 unspecified atom stereocenters. The minimum atomic E-state index is -5.02. The van der Waals surface area contributed by atoms with Gasteiger partial charge in [0.2, 0.25) is 0 Å². The molecule has 6 rings (SSSR count). The van der Waals surface area contributed by atoms with Crippen LogP contribution in [0.15, 0.2) is 83.2 Å². The molecule has 1 heterocycles. The van der Waals surface area contributed by atoms with Gasteiger partial charge in [-0.3, -0.25) is 0 Å². The molecule has 0 bridgehead atoms. The lowest BCUT2D eigenvalue weighted by molar-refractivity contribution is -0.160. The van der Waals surface area contributed by atoms with Gasteiger partial charge in [-0.2, -0.15) is 39.5 Å². The predicted molar refractivity (Wildman–Crippen MR) is 175 cm³/mol. The van der Waals surface area contributed by atoms with E-state index >= 15 is 0 Å². The third-order valence-corrected chi connectivity index (χ3v) is 10.3. The first-order valence-electron chi connectivity index (χ1n) is 14.9. The van der Waals surface area contributed by atoms with Crippen molar-refractivity contribution in [1.82, 2.24) is 4.98 Å². The molecule has 1 fully saturated rings. The van der Waals surface area contributed by atoms with E-state index in [4.69, 9.17) is 9.84 Å². The third kappa shape index (κ3) is 7.15. The predicted octanol–water partition coefficient (Wildman–Crippen LogP) is 11.7. The number of halogens is 10. The summed E-state index contributed by atoms with van der Waals surface area (Å²) >= 11 is 1.57. The lowest BCUT2D eigenvalue weighted by atomic mass is 9.90. The summed E-state index contributed by atoms with van der Waals surface area (Å²) in [4.78, 5) is 15.4. The summed E-state index contributed by atoms with van der Waals surface area (Å²) in [6.45, 7) is 0. The van der Waals surface area contributed by atoms with E-state index in [0.717, 1.165) is 59.7 Å². The van der Waals surface area contributed by atoms with Gasteiger partial charge in [0, 0.05) is 29.0 Å². The van der Waals surface area contributed by atoms with Crippen molar-refractivity contribution in [2.24, 2.45) is 0 Å². The number of nitrogens with one attached hydrogen (secondary N) is 1. The number of anilines is 1. The second-order valence-corrected chi connectivity index (χ2v) is 13.4. The zero-order chi connectivity index (χ0) is 37.8. The summed E-state index contributed by atoms with van der Waals surface area (Å²) in [6, 6.07) is 12.5. The van der Waals surface area contributed by atoms with Gasteiger partial charge < -0.3 is 14.6 Å². The highest BCUT2D eigenvalue weighted by atomic mass is 32.2. The molecule has 52 heavy (non-hydrogen) atoms. The van der Waals surface area contributed by atoms with Crippen LogP contribution in [-0.2, 0) is 17.8 Å². The maximum atomic E-state index is 14.4. The highest BCUT2D eigenvalue weighted by Gasteiger charge is 2.64. The number of ether oxygens (including phenoxy) is 1. The van der Waals surface area contributed by atoms with Gasteiger partial charge in [-0.1, -0.05) is 48.5 Å². The van der Waals surface area contributed by atoms with Gasteiger partial charge in [0.15, 0.2) is 0 Å². The molecule has 0 saturated heterocycles. The monoisotopic (exact) mass is 772 g/mol. The summed E-state index contributed by atoms with van der Waals surface area (Å²) in [5.74, 6) is -2.63. The minimum Gasteiger partial charge on any atom is -0.495 e. The van der Waals surface area contributed by atoms with Crippen LogP contribution >= 0.6 is 23.3 Å². The molecule has 0 atom stereocenters. The van der Waals surface area contributed by atoms with E-state index in [1.807, 2.05) is 0 Å². The largest absolute Gasteiger partial charge is 0.495 e. The minimum absolute atomic E-state index is 0.00119. The number of thiazole rings is 1. The number of nitrogens with zero attached hydrogens (tertiary/aromatic N) is 1. The van der Waals surface area contributed by atoms with E-state index in [-0.39, 0.29) is 51.0 Å². The highest BCUT2D eigenvalue weighted by molar-refractivity contribution is 8.00. The molecule has 1 aliphatic rings. The van der Waals surface area contributed by atoms with E-state index in [2.05, 4.69) is 9.71 Å². The Kier molecular flexibility index (Phi) is 9.49. The van der Waals surface area contributed by atoms with E-state index in [0.29, 0.717) is 6.07 Å². The van der Waals surface area contributed by atoms with Gasteiger partial charge in [-0.25, -0.2) is 14.2 Å². The zero-order valence-electron chi connectivity index (χ0n) is 26.2. The number of hydrogen-bond acceptors (Lipinski definition) is 6. The molecular formula is C35H22F10N2O3S2. The Balaban J connectivity index is 1.30. The Hall–Kier alpha value is -4.77. The van der Waals surface area contributed by atoms with Crippen molar-refractivity contribution in [2.45, 2.75) is 41.8 Å². The second kappa shape index (κ2) is 13.3. The van der Waals surface area contributed by atoms with Crippen LogP contribution in [0.2, 0.25) is 0 Å². The van der Waals surface area contributed by atoms with Gasteiger partial charge in [0.25, 0.3) is 0 Å². The SMILES string of the molecule is COc1cc(C(=O)O)c(F)cc1NSc1csc(-c2ccc(-c3ccc(-c4ccc(C5(C(F)(F)F)CC5)cc4)cc3C(F)(F)F)cc2C(F)(F)F)n1. The molecule has 272 valence electrons. The molecule has 0 aliphatic heterocycles. The quantitative estimate of drug-likeness (QED) is 0.115. The number of aromatic carboxylic acids is 1. The average molecular weight is 773 g/mol. The van der Waals surface area contributed by atoms with Crippen LogP contribution in [0.25, 0.3) is 32.8 Å². The number of hydrogen-bond donors (Lipinski definition) is 2. The van der Waals surface area contributed by atoms with E-state index < -0.39 is 69.1 Å². The zero-order valence-corrected chi connectivity index (χ0v) is 27.9. The maximum absolute atomic E-state index is 14.4. The van der Waals surface area contributed by atoms with E-state index in [1.54, 1.807) is 0 Å². The van der Waals surface area contributed by atoms with Crippen LogP contribution in [0.5, 0.6) is 5.75 Å². The second-order valence-electron chi connectivity index (χ2n) is 11.7. The van der Waals surface area contributed by atoms with Crippen LogP contribution in [-0.4, -0.2) is 29.3 Å². The van der Waals surface area contributed by atoms with Crippen LogP contribution in [0, 0.1) is 5.82 Å². The standard InChI is InChI=1S/C35H22F10N2O3S2/c1-50-28-14-23(31(48)49)26(36)15-27(28)47-52-29-16-51-30(46-29)22-9-5-19(13-25(22)34(40,41)42)21-8-4-18(12-24(21)33(37,38)39)17-2-6-20(7-3-17)32(10-11-32)35(43,44)45/h2-9,12-16,47H,10-11H2,1H3,(H,48,49). The number of alkyl halides is 9. The fourth-order valence-electron chi connectivity index (χ4n) is 5.69. The number of carboxylic acid groups (broad SMARTS) is 1. The number of rotatable bonds is 9. The van der Waals surface area contributed by atoms with Crippen LogP contribution in [0.1, 0.15) is 39.9 Å². The van der Waals surface area contributed by atoms with Crippen molar-refractivity contribution in [1.29, 1.82) is 0 Å². The summed E-state index contributed by atoms with van der Waals surface area (Å²) in [5.41, 5.74) is -6.26. The molecular weight excluding hydrogens is 751 g/mol. The number of carboxylic acids is 1. The summed E-state index contributed by atoms with van der Waals surface area (Å²) in [5, 5.41) is 10.5. The van der Waals surface area contributed by atoms with Crippen LogP contribution in [0.3, 0.4) is 0 Å². The maximum Gasteiger partial charge on any atom is 0.417 e. The fourth-order valence-corrected chi connectivity index (χ4v) is 7.31. The van der Waals surface area contributed by atoms with Crippen molar-refractivity contribution < 1.29 is 58.5 Å². The van der Waals surface area contributed by atoms with Crippen molar-refractivity contribution >= 4 is 34.9 Å². The smallest absolute Gasteiger partial charge is 0.417 e. The Morgan fingerprint density at radius 3 is 1.98 bits per heavy atom. The first kappa shape index (κ1) is 37.0. The molecule has 5 nitrogen and oxygen atoms in total. The first-order chi connectivity index (χ1) is 24.3. The van der Waals surface area contributed by atoms with Gasteiger partial charge in [0.1, 0.15) is 21.6 Å². The summed E-state index contributed by atoms with van der Waals surface area (Å²) in [7, 11) is 1.22. The fraction of sp³-hybridized carbons (Fsp3) is 0.200. The van der Waals surface area contributed by atoms with Gasteiger partial charge in [-0.15, -0.1) is 11.3 Å². The van der Waals surface area contributed by atoms with Crippen molar-refractivity contribution in [2.75, 3.05) is 11.8 Å². The molecule has 0 radical (unpaired) electrons. The Morgan fingerprint density at radius 1 is 0.827 bits per heavy atom. The molecule has 17 heteroatoms. The number of aromatic nitrogens is 1. The Bertz CT molecular complexity index is 2160. The lowest BCUT2D eigenvalue weighted by Gasteiger charge is -2.20. The molecule has 0 amide bonds. The van der Waals surface area contributed by atoms with Crippen LogP contribution < -0.4 is 9.46 Å². The third-order valence-electron chi connectivity index (χ3n) is 8.52. The Morgan fingerprint density at radius 2 is 1.40 bits per heavy atom. The molecule has 0 spiro atoms. The van der Waals surface area contributed by atoms with Gasteiger partial charge >= 0.3 is 24.5 Å². The lowest BCUT2D eigenvalue weighted by Crippen LogP contribution is -2.28. The molecule has 1 saturated carbocycles. The number of benzene rings is 4. The van der Waals surface area contributed by atoms with Crippen molar-refractivity contribution in [3.63, 3.8) is 0 Å². The van der Waals surface area contributed by atoms with E-state index in [1.165, 1.54) is 42.8 Å². The first-order valence-corrected chi connectivity index (χ1v) is 16.6. The number of methoxy groups -OCH3 is 1. The van der Waals surface area contributed by atoms with Crippen molar-refractivity contribution in [3.05, 3.63) is 106 Å². The summed E-state index contributed by atoms with van der Waals surface area (Å²) < 4.78 is 149. The molecule has 1 aliphatic carbocycles. The van der Waals surface area contributed by atoms with Gasteiger partial charge in [0.05, 0.1) is 34.9 Å². The van der Waals surface area contributed by atoms with Gasteiger partial charge in [-0.05, 0) is 58.9 Å². The highest BCUT2D eigenvalue weighted by Crippen LogP contribution is 2.59.